The number of ether oxygens (including phenoxy) is 1. The predicted octanol–water partition coefficient (Wildman–Crippen LogP) is 3.93. The molecule has 3 aromatic rings. The van der Waals surface area contributed by atoms with Crippen molar-refractivity contribution in [3.05, 3.63) is 48.0 Å². The van der Waals surface area contributed by atoms with Crippen LogP contribution in [0.15, 0.2) is 47.4 Å². The molecule has 4 nitrogen and oxygen atoms in total. The third kappa shape index (κ3) is 2.90. The van der Waals surface area contributed by atoms with Gasteiger partial charge in [-0.2, -0.15) is 0 Å². The van der Waals surface area contributed by atoms with Gasteiger partial charge in [-0.1, -0.05) is 18.2 Å². The first kappa shape index (κ1) is 14.8. The molecule has 5 heteroatoms. The number of aromatic nitrogens is 2. The highest BCUT2D eigenvalue weighted by Gasteiger charge is 2.09. The van der Waals surface area contributed by atoms with Gasteiger partial charge in [-0.3, -0.25) is 0 Å². The van der Waals surface area contributed by atoms with Gasteiger partial charge in [0.05, 0.1) is 18.1 Å². The Bertz CT molecular complexity index is 751. The molecule has 0 aliphatic carbocycles. The molecule has 1 heterocycles. The molecule has 0 saturated carbocycles. The summed E-state index contributed by atoms with van der Waals surface area (Å²) in [5, 5.41) is 0. The second-order valence-electron chi connectivity index (χ2n) is 5.12. The van der Waals surface area contributed by atoms with E-state index in [2.05, 4.69) is 39.3 Å². The number of H-pyrrole nitrogens is 1. The Labute approximate surface area is 134 Å². The normalized spacial score (nSPS) is 10.9. The second kappa shape index (κ2) is 6.32. The van der Waals surface area contributed by atoms with Crippen LogP contribution in [0.2, 0.25) is 0 Å². The molecule has 0 aliphatic heterocycles. The first-order chi connectivity index (χ1) is 10.7. The van der Waals surface area contributed by atoms with Gasteiger partial charge in [0.2, 0.25) is 5.95 Å². The zero-order valence-electron chi connectivity index (χ0n) is 13.0. The molecule has 1 aromatic heterocycles. The lowest BCUT2D eigenvalue weighted by atomic mass is 10.2. The number of fused-ring (bicyclic) bond motifs is 1. The molecule has 1 N–H and O–H groups in total. The number of rotatable bonds is 5. The van der Waals surface area contributed by atoms with Gasteiger partial charge in [0.15, 0.2) is 0 Å². The highest BCUT2D eigenvalue weighted by Crippen LogP contribution is 2.29. The average Bonchev–Trinajstić information content (AvgIpc) is 2.99. The van der Waals surface area contributed by atoms with Gasteiger partial charge < -0.3 is 14.6 Å². The Balaban J connectivity index is 1.82. The molecule has 0 amide bonds. The number of benzene rings is 2. The lowest BCUT2D eigenvalue weighted by Gasteiger charge is -2.17. The number of nitrogens with zero attached hydrogens (tertiary/aromatic N) is 2. The van der Waals surface area contributed by atoms with E-state index >= 15 is 0 Å². The Morgan fingerprint density at radius 2 is 2.05 bits per heavy atom. The third-order valence-corrected chi connectivity index (χ3v) is 4.38. The number of hydrogen-bond donors (Lipinski definition) is 1. The number of para-hydroxylation sites is 2. The molecule has 0 spiro atoms. The molecule has 22 heavy (non-hydrogen) atoms. The van der Waals surface area contributed by atoms with Crippen LogP contribution in [0.3, 0.4) is 0 Å². The summed E-state index contributed by atoms with van der Waals surface area (Å²) in [7, 11) is 3.74. The number of thioether (sulfide) groups is 1. The van der Waals surface area contributed by atoms with Crippen LogP contribution in [0.5, 0.6) is 5.75 Å². The van der Waals surface area contributed by atoms with Crippen LogP contribution < -0.4 is 9.64 Å². The van der Waals surface area contributed by atoms with Crippen LogP contribution in [0, 0.1) is 0 Å². The van der Waals surface area contributed by atoms with E-state index in [1.807, 2.05) is 31.3 Å². The summed E-state index contributed by atoms with van der Waals surface area (Å²) in [6, 6.07) is 14.4. The smallest absolute Gasteiger partial charge is 0.203 e. The third-order valence-electron chi connectivity index (χ3n) is 3.61. The molecule has 0 radical (unpaired) electrons. The van der Waals surface area contributed by atoms with Crippen molar-refractivity contribution < 1.29 is 4.74 Å². The van der Waals surface area contributed by atoms with Gasteiger partial charge in [0, 0.05) is 18.5 Å². The standard InChI is InChI=1S/C17H19N3OS/c1-20(17-18-13-6-4-5-7-14(13)19-17)11-12-8-9-16(22-3)15(10-12)21-2/h4-10H,11H2,1-3H3,(H,18,19). The Kier molecular flexibility index (Phi) is 4.24. The van der Waals surface area contributed by atoms with Crippen LogP contribution in [0.4, 0.5) is 5.95 Å². The summed E-state index contributed by atoms with van der Waals surface area (Å²) in [4.78, 5) is 11.2. The van der Waals surface area contributed by atoms with Crippen LogP contribution >= 0.6 is 11.8 Å². The minimum atomic E-state index is 0.769. The molecule has 3 rings (SSSR count). The Hall–Kier alpha value is -2.14. The largest absolute Gasteiger partial charge is 0.496 e. The van der Waals surface area contributed by atoms with Crippen LogP contribution in [-0.2, 0) is 6.54 Å². The Morgan fingerprint density at radius 1 is 1.23 bits per heavy atom. The summed E-state index contributed by atoms with van der Waals surface area (Å²) in [6.07, 6.45) is 2.05. The molecule has 0 fully saturated rings. The molecule has 0 aliphatic rings. The van der Waals surface area contributed by atoms with E-state index in [1.54, 1.807) is 18.9 Å². The van der Waals surface area contributed by atoms with Crippen molar-refractivity contribution in [3.63, 3.8) is 0 Å². The van der Waals surface area contributed by atoms with E-state index in [0.29, 0.717) is 0 Å². The maximum Gasteiger partial charge on any atom is 0.203 e. The number of anilines is 1. The van der Waals surface area contributed by atoms with Gasteiger partial charge in [0.25, 0.3) is 0 Å². The van der Waals surface area contributed by atoms with Gasteiger partial charge in [-0.15, -0.1) is 11.8 Å². The molecular formula is C17H19N3OS. The summed E-state index contributed by atoms with van der Waals surface area (Å²) in [6.45, 7) is 0.769. The van der Waals surface area contributed by atoms with Gasteiger partial charge in [0.1, 0.15) is 5.75 Å². The van der Waals surface area contributed by atoms with Crippen LogP contribution in [0.1, 0.15) is 5.56 Å². The minimum absolute atomic E-state index is 0.769. The average molecular weight is 313 g/mol. The zero-order chi connectivity index (χ0) is 15.5. The zero-order valence-corrected chi connectivity index (χ0v) is 13.8. The first-order valence-electron chi connectivity index (χ1n) is 7.08. The van der Waals surface area contributed by atoms with Gasteiger partial charge >= 0.3 is 0 Å². The summed E-state index contributed by atoms with van der Waals surface area (Å²) < 4.78 is 5.45. The number of methoxy groups -OCH3 is 1. The molecule has 114 valence electrons. The highest BCUT2D eigenvalue weighted by atomic mass is 32.2. The van der Waals surface area contributed by atoms with Crippen molar-refractivity contribution in [2.75, 3.05) is 25.3 Å². The SMILES string of the molecule is COc1cc(CN(C)c2nc3ccccc3[nH]2)ccc1SC. The fourth-order valence-corrected chi connectivity index (χ4v) is 3.00. The summed E-state index contributed by atoms with van der Waals surface area (Å²) in [5.74, 6) is 1.79. The lowest BCUT2D eigenvalue weighted by molar-refractivity contribution is 0.404. The van der Waals surface area contributed by atoms with Crippen molar-refractivity contribution in [1.82, 2.24) is 9.97 Å². The minimum Gasteiger partial charge on any atom is -0.496 e. The van der Waals surface area contributed by atoms with Crippen molar-refractivity contribution in [2.45, 2.75) is 11.4 Å². The van der Waals surface area contributed by atoms with Crippen molar-refractivity contribution >= 4 is 28.7 Å². The van der Waals surface area contributed by atoms with Crippen molar-refractivity contribution in [2.24, 2.45) is 0 Å². The fourth-order valence-electron chi connectivity index (χ4n) is 2.45. The number of hydrogen-bond acceptors (Lipinski definition) is 4. The van der Waals surface area contributed by atoms with Gasteiger partial charge in [-0.25, -0.2) is 4.98 Å². The van der Waals surface area contributed by atoms with Crippen LogP contribution in [0.25, 0.3) is 11.0 Å². The monoisotopic (exact) mass is 313 g/mol. The quantitative estimate of drug-likeness (QED) is 0.725. The molecule has 0 bridgehead atoms. The number of aromatic amines is 1. The summed E-state index contributed by atoms with van der Waals surface area (Å²) in [5.41, 5.74) is 3.23. The molecule has 0 unspecified atom stereocenters. The van der Waals surface area contributed by atoms with Gasteiger partial charge in [-0.05, 0) is 36.1 Å². The van der Waals surface area contributed by atoms with Crippen molar-refractivity contribution in [1.29, 1.82) is 0 Å². The Morgan fingerprint density at radius 3 is 2.77 bits per heavy atom. The number of nitrogens with one attached hydrogen (secondary N) is 1. The van der Waals surface area contributed by atoms with E-state index in [9.17, 15) is 0 Å². The second-order valence-corrected chi connectivity index (χ2v) is 5.97. The van der Waals surface area contributed by atoms with E-state index in [4.69, 9.17) is 4.74 Å². The fraction of sp³-hybridized carbons (Fsp3) is 0.235. The molecule has 0 saturated heterocycles. The molecular weight excluding hydrogens is 294 g/mol. The first-order valence-corrected chi connectivity index (χ1v) is 8.30. The van der Waals surface area contributed by atoms with E-state index in [0.717, 1.165) is 34.2 Å². The van der Waals surface area contributed by atoms with E-state index in [-0.39, 0.29) is 0 Å². The molecule has 2 aromatic carbocycles. The highest BCUT2D eigenvalue weighted by molar-refractivity contribution is 7.98. The maximum atomic E-state index is 5.45. The van der Waals surface area contributed by atoms with E-state index in [1.165, 1.54) is 5.56 Å². The number of imidazole rings is 1. The van der Waals surface area contributed by atoms with Crippen molar-refractivity contribution in [3.8, 4) is 5.75 Å². The molecule has 0 atom stereocenters. The maximum absolute atomic E-state index is 5.45. The predicted molar refractivity (Wildman–Crippen MR) is 93.0 cm³/mol. The van der Waals surface area contributed by atoms with E-state index < -0.39 is 0 Å². The summed E-state index contributed by atoms with van der Waals surface area (Å²) >= 11 is 1.69. The lowest BCUT2D eigenvalue weighted by Crippen LogP contribution is -2.17. The topological polar surface area (TPSA) is 41.1 Å². The van der Waals surface area contributed by atoms with Crippen LogP contribution in [-0.4, -0.2) is 30.4 Å².